The average Bonchev–Trinajstić information content (AvgIpc) is 3.14. The molecule has 3 aromatic carbocycles. The molecule has 0 aliphatic carbocycles. The van der Waals surface area contributed by atoms with Gasteiger partial charge in [0.15, 0.2) is 9.84 Å². The first-order valence-corrected chi connectivity index (χ1v) is 11.9. The molecule has 1 amide bonds. The van der Waals surface area contributed by atoms with E-state index in [0.29, 0.717) is 28.0 Å². The summed E-state index contributed by atoms with van der Waals surface area (Å²) < 4.78 is 41.0. The van der Waals surface area contributed by atoms with Gasteiger partial charge < -0.3 is 9.88 Å². The Morgan fingerprint density at radius 2 is 1.59 bits per heavy atom. The molecule has 0 unspecified atom stereocenters. The predicted octanol–water partition coefficient (Wildman–Crippen LogP) is 4.72. The molecule has 0 spiro atoms. The first-order chi connectivity index (χ1) is 15.3. The van der Waals surface area contributed by atoms with Crippen LogP contribution in [0.1, 0.15) is 11.1 Å². The molecule has 1 N–H and O–H groups in total. The van der Waals surface area contributed by atoms with Crippen LogP contribution in [0.2, 0.25) is 5.02 Å². The van der Waals surface area contributed by atoms with Crippen LogP contribution in [-0.2, 0) is 33.5 Å². The van der Waals surface area contributed by atoms with E-state index in [1.807, 2.05) is 12.1 Å². The maximum Gasteiger partial charge on any atom is 0.240 e. The second-order valence-electron chi connectivity index (χ2n) is 7.43. The Hall–Kier alpha value is -3.16. The van der Waals surface area contributed by atoms with Gasteiger partial charge in [0.1, 0.15) is 12.4 Å². The number of fused-ring (bicyclic) bond motifs is 1. The van der Waals surface area contributed by atoms with E-state index in [0.717, 1.165) is 5.56 Å². The zero-order valence-electron chi connectivity index (χ0n) is 17.0. The maximum atomic E-state index is 13.2. The number of amides is 1. The SMILES string of the molecule is O=C(Cn1cc(S(=O)(=O)Cc2ccc(F)cc2)c2ccccc21)NCc1ccc(Cl)cc1. The van der Waals surface area contributed by atoms with E-state index in [1.165, 1.54) is 30.5 Å². The highest BCUT2D eigenvalue weighted by Gasteiger charge is 2.22. The van der Waals surface area contributed by atoms with Gasteiger partial charge in [0.25, 0.3) is 0 Å². The van der Waals surface area contributed by atoms with Gasteiger partial charge in [-0.2, -0.15) is 0 Å². The topological polar surface area (TPSA) is 68.2 Å². The van der Waals surface area contributed by atoms with E-state index in [1.54, 1.807) is 41.0 Å². The molecule has 32 heavy (non-hydrogen) atoms. The zero-order valence-corrected chi connectivity index (χ0v) is 18.5. The van der Waals surface area contributed by atoms with Crippen LogP contribution in [0.4, 0.5) is 4.39 Å². The van der Waals surface area contributed by atoms with Gasteiger partial charge >= 0.3 is 0 Å². The van der Waals surface area contributed by atoms with Crippen molar-refractivity contribution in [3.63, 3.8) is 0 Å². The number of benzene rings is 3. The molecule has 0 atom stereocenters. The normalized spacial score (nSPS) is 11.6. The fourth-order valence-corrected chi connectivity index (χ4v) is 5.19. The van der Waals surface area contributed by atoms with E-state index in [2.05, 4.69) is 5.32 Å². The summed E-state index contributed by atoms with van der Waals surface area (Å²) in [6, 6.07) is 19.6. The lowest BCUT2D eigenvalue weighted by atomic mass is 10.2. The summed E-state index contributed by atoms with van der Waals surface area (Å²) in [4.78, 5) is 12.7. The highest BCUT2D eigenvalue weighted by Crippen LogP contribution is 2.28. The molecule has 1 heterocycles. The number of sulfone groups is 1. The van der Waals surface area contributed by atoms with E-state index < -0.39 is 15.7 Å². The number of rotatable bonds is 7. The van der Waals surface area contributed by atoms with Crippen molar-refractivity contribution in [1.82, 2.24) is 9.88 Å². The van der Waals surface area contributed by atoms with Crippen LogP contribution < -0.4 is 5.32 Å². The third-order valence-corrected chi connectivity index (χ3v) is 7.03. The van der Waals surface area contributed by atoms with Gasteiger partial charge in [-0.1, -0.05) is 54.1 Å². The van der Waals surface area contributed by atoms with Gasteiger partial charge in [-0.15, -0.1) is 0 Å². The Morgan fingerprint density at radius 1 is 0.938 bits per heavy atom. The number of halogens is 2. The van der Waals surface area contributed by atoms with Crippen molar-refractivity contribution in [3.8, 4) is 0 Å². The summed E-state index contributed by atoms with van der Waals surface area (Å²) in [7, 11) is -3.71. The van der Waals surface area contributed by atoms with Gasteiger partial charge in [0.05, 0.1) is 10.6 Å². The Balaban J connectivity index is 1.56. The number of para-hydroxylation sites is 1. The van der Waals surface area contributed by atoms with E-state index >= 15 is 0 Å². The van der Waals surface area contributed by atoms with E-state index in [9.17, 15) is 17.6 Å². The number of nitrogens with one attached hydrogen (secondary N) is 1. The van der Waals surface area contributed by atoms with Crippen LogP contribution >= 0.6 is 11.6 Å². The fraction of sp³-hybridized carbons (Fsp3) is 0.125. The molecule has 0 aliphatic heterocycles. The third kappa shape index (κ3) is 5.00. The summed E-state index contributed by atoms with van der Waals surface area (Å²) >= 11 is 5.88. The van der Waals surface area contributed by atoms with Crippen molar-refractivity contribution in [2.75, 3.05) is 0 Å². The molecule has 1 aromatic heterocycles. The monoisotopic (exact) mass is 470 g/mol. The molecule has 4 rings (SSSR count). The minimum atomic E-state index is -3.71. The smallest absolute Gasteiger partial charge is 0.240 e. The van der Waals surface area contributed by atoms with Gasteiger partial charge in [-0.3, -0.25) is 4.79 Å². The first kappa shape index (κ1) is 22.0. The molecular weight excluding hydrogens is 451 g/mol. The van der Waals surface area contributed by atoms with Crippen molar-refractivity contribution in [1.29, 1.82) is 0 Å². The highest BCUT2D eigenvalue weighted by molar-refractivity contribution is 7.90. The molecule has 0 bridgehead atoms. The molecule has 0 fully saturated rings. The van der Waals surface area contributed by atoms with Gasteiger partial charge in [0, 0.05) is 28.7 Å². The van der Waals surface area contributed by atoms with E-state index in [4.69, 9.17) is 11.6 Å². The Labute approximate surface area is 190 Å². The summed E-state index contributed by atoms with van der Waals surface area (Å²) in [5.41, 5.74) is 2.04. The van der Waals surface area contributed by atoms with Crippen molar-refractivity contribution in [2.45, 2.75) is 23.7 Å². The fourth-order valence-electron chi connectivity index (χ4n) is 3.48. The second kappa shape index (κ2) is 9.14. The summed E-state index contributed by atoms with van der Waals surface area (Å²) in [5.74, 6) is -0.931. The number of nitrogens with zero attached hydrogens (tertiary/aromatic N) is 1. The largest absolute Gasteiger partial charge is 0.350 e. The predicted molar refractivity (Wildman–Crippen MR) is 123 cm³/mol. The lowest BCUT2D eigenvalue weighted by Gasteiger charge is -2.07. The van der Waals surface area contributed by atoms with Crippen LogP contribution in [0, 0.1) is 5.82 Å². The summed E-state index contributed by atoms with van der Waals surface area (Å²) in [6.07, 6.45) is 1.49. The Kier molecular flexibility index (Phi) is 6.30. The molecule has 0 saturated heterocycles. The lowest BCUT2D eigenvalue weighted by Crippen LogP contribution is -2.26. The lowest BCUT2D eigenvalue weighted by molar-refractivity contribution is -0.121. The van der Waals surface area contributed by atoms with Crippen molar-refractivity contribution >= 4 is 38.2 Å². The number of hydrogen-bond donors (Lipinski definition) is 1. The van der Waals surface area contributed by atoms with Gasteiger partial charge in [0.2, 0.25) is 5.91 Å². The van der Waals surface area contributed by atoms with Crippen LogP contribution in [-0.4, -0.2) is 18.9 Å². The number of carbonyl (C=O) groups is 1. The first-order valence-electron chi connectivity index (χ1n) is 9.88. The molecule has 0 aliphatic rings. The van der Waals surface area contributed by atoms with E-state index in [-0.39, 0.29) is 23.1 Å². The van der Waals surface area contributed by atoms with Gasteiger partial charge in [-0.05, 0) is 41.5 Å². The molecule has 8 heteroatoms. The van der Waals surface area contributed by atoms with Crippen LogP contribution in [0.15, 0.2) is 83.9 Å². The molecule has 0 saturated carbocycles. The van der Waals surface area contributed by atoms with Crippen molar-refractivity contribution in [2.24, 2.45) is 0 Å². The van der Waals surface area contributed by atoms with Crippen molar-refractivity contribution in [3.05, 3.63) is 101 Å². The third-order valence-electron chi connectivity index (χ3n) is 5.07. The van der Waals surface area contributed by atoms with Gasteiger partial charge in [-0.25, -0.2) is 12.8 Å². The molecule has 0 radical (unpaired) electrons. The number of carbonyl (C=O) groups excluding carboxylic acids is 1. The van der Waals surface area contributed by atoms with Crippen molar-refractivity contribution < 1.29 is 17.6 Å². The molecule has 5 nitrogen and oxygen atoms in total. The average molecular weight is 471 g/mol. The number of hydrogen-bond acceptors (Lipinski definition) is 3. The summed E-state index contributed by atoms with van der Waals surface area (Å²) in [6.45, 7) is 0.311. The second-order valence-corrected chi connectivity index (χ2v) is 9.82. The minimum Gasteiger partial charge on any atom is -0.350 e. The highest BCUT2D eigenvalue weighted by atomic mass is 35.5. The number of aromatic nitrogens is 1. The molecule has 164 valence electrons. The zero-order chi connectivity index (χ0) is 22.7. The van der Waals surface area contributed by atoms with Crippen LogP contribution in [0.5, 0.6) is 0 Å². The summed E-state index contributed by atoms with van der Waals surface area (Å²) in [5, 5.41) is 4.00. The molecular formula is C24H20ClFN2O3S. The Bertz CT molecular complexity index is 1360. The quantitative estimate of drug-likeness (QED) is 0.425. The molecule has 4 aromatic rings. The van der Waals surface area contributed by atoms with Crippen LogP contribution in [0.3, 0.4) is 0 Å². The Morgan fingerprint density at radius 3 is 2.31 bits per heavy atom. The van der Waals surface area contributed by atoms with Crippen LogP contribution in [0.25, 0.3) is 10.9 Å². The minimum absolute atomic E-state index is 0.0276. The maximum absolute atomic E-state index is 13.2. The standard InChI is InChI=1S/C24H20ClFN2O3S/c25-19-9-5-17(6-10-19)13-27-24(29)15-28-14-23(21-3-1-2-4-22(21)28)32(30,31)16-18-7-11-20(26)12-8-18/h1-12,14H,13,15-16H2,(H,27,29).